The van der Waals surface area contributed by atoms with Gasteiger partial charge in [-0.25, -0.2) is 0 Å². The highest BCUT2D eigenvalue weighted by molar-refractivity contribution is 6.62. The highest BCUT2D eigenvalue weighted by Gasteiger charge is 2.13. The van der Waals surface area contributed by atoms with Crippen LogP contribution in [0.5, 0.6) is 0 Å². The van der Waals surface area contributed by atoms with E-state index in [1.165, 1.54) is 0 Å². The van der Waals surface area contributed by atoms with Crippen molar-refractivity contribution in [1.29, 1.82) is 0 Å². The lowest BCUT2D eigenvalue weighted by Crippen LogP contribution is -2.30. The molecule has 0 fully saturated rings. The van der Waals surface area contributed by atoms with E-state index in [2.05, 4.69) is 0 Å². The predicted octanol–water partition coefficient (Wildman–Crippen LogP) is 1.04. The molecule has 4 aromatic carbocycles. The summed E-state index contributed by atoms with van der Waals surface area (Å²) in [4.78, 5) is 0. The van der Waals surface area contributed by atoms with Crippen LogP contribution in [0, 0.1) is 0 Å². The van der Waals surface area contributed by atoms with E-state index in [9.17, 15) is 0 Å². The predicted molar refractivity (Wildman–Crippen MR) is 108 cm³/mol. The molecule has 0 bridgehead atoms. The second-order valence-electron chi connectivity index (χ2n) is 5.88. The lowest BCUT2D eigenvalue weighted by atomic mass is 9.77. The molecule has 0 amide bonds. The molecular weight excluding hydrogens is 326 g/mol. The molecule has 0 atom stereocenters. The molecule has 0 radical (unpaired) electrons. The van der Waals surface area contributed by atoms with Crippen molar-refractivity contribution in [2.24, 2.45) is 0 Å². The Morgan fingerprint density at radius 1 is 0.423 bits per heavy atom. The monoisotopic (exact) mass is 344 g/mol. The minimum absolute atomic E-state index is 0.554. The summed E-state index contributed by atoms with van der Waals surface area (Å²) in [7, 11) is -2.79. The Labute approximate surface area is 152 Å². The minimum atomic E-state index is -1.40. The van der Waals surface area contributed by atoms with Crippen molar-refractivity contribution in [3.63, 3.8) is 0 Å². The minimum Gasteiger partial charge on any atom is -0.423 e. The molecule has 0 aliphatic rings. The topological polar surface area (TPSA) is 80.9 Å². The zero-order chi connectivity index (χ0) is 18.5. The van der Waals surface area contributed by atoms with E-state index in [-0.39, 0.29) is 0 Å². The molecule has 0 aromatic heterocycles. The van der Waals surface area contributed by atoms with Gasteiger partial charge in [-0.05, 0) is 32.5 Å². The lowest BCUT2D eigenvalue weighted by Gasteiger charge is -2.03. The van der Waals surface area contributed by atoms with Crippen molar-refractivity contribution in [2.75, 3.05) is 0 Å². The van der Waals surface area contributed by atoms with E-state index in [1.54, 1.807) is 12.1 Å². The average Bonchev–Trinajstić information content (AvgIpc) is 2.67. The van der Waals surface area contributed by atoms with Gasteiger partial charge in [-0.15, -0.1) is 0 Å². The van der Waals surface area contributed by atoms with Crippen molar-refractivity contribution in [3.05, 3.63) is 84.9 Å². The van der Waals surface area contributed by atoms with Crippen LogP contribution < -0.4 is 10.9 Å². The van der Waals surface area contributed by atoms with Gasteiger partial charge >= 0.3 is 14.2 Å². The number of hydrogen-bond acceptors (Lipinski definition) is 4. The number of hydrogen-bond donors (Lipinski definition) is 4. The van der Waals surface area contributed by atoms with Crippen molar-refractivity contribution in [3.8, 4) is 0 Å². The Bertz CT molecular complexity index is 925. The van der Waals surface area contributed by atoms with Gasteiger partial charge in [-0.1, -0.05) is 84.9 Å². The largest absolute Gasteiger partial charge is 0.489 e. The van der Waals surface area contributed by atoms with E-state index in [1.807, 2.05) is 72.8 Å². The van der Waals surface area contributed by atoms with E-state index < -0.39 is 14.2 Å². The first-order valence-electron chi connectivity index (χ1n) is 8.25. The molecule has 4 aromatic rings. The fraction of sp³-hybridized carbons (Fsp3) is 0. The van der Waals surface area contributed by atoms with Gasteiger partial charge in [-0.3, -0.25) is 0 Å². The molecule has 0 aliphatic carbocycles. The van der Waals surface area contributed by atoms with Crippen LogP contribution in [0.1, 0.15) is 0 Å². The van der Waals surface area contributed by atoms with E-state index in [0.29, 0.717) is 10.9 Å². The molecular formula is C20H18B2O4. The van der Waals surface area contributed by atoms with E-state index >= 15 is 0 Å². The third kappa shape index (κ3) is 3.95. The summed E-state index contributed by atoms with van der Waals surface area (Å²) in [5.74, 6) is 0. The van der Waals surface area contributed by atoms with Crippen LogP contribution in [0.3, 0.4) is 0 Å². The summed E-state index contributed by atoms with van der Waals surface area (Å²) in [6.45, 7) is 0. The Morgan fingerprint density at radius 2 is 0.769 bits per heavy atom. The third-order valence-electron chi connectivity index (χ3n) is 4.20. The Balaban J connectivity index is 0.000000151. The summed E-state index contributed by atoms with van der Waals surface area (Å²) in [6, 6.07) is 26.2. The van der Waals surface area contributed by atoms with Crippen LogP contribution in [-0.4, -0.2) is 34.3 Å². The lowest BCUT2D eigenvalue weighted by molar-refractivity contribution is 0.425. The van der Waals surface area contributed by atoms with Crippen molar-refractivity contribution in [2.45, 2.75) is 0 Å². The SMILES string of the molecule is OB(O)c1cccc2ccccc12.OB(O)c1cccc2ccccc12. The standard InChI is InChI=1S/2C10H9BO2/c2*12-11(13)10-7-3-5-8-4-1-2-6-9(8)10/h2*1-7,12-13H. The van der Waals surface area contributed by atoms with Crippen molar-refractivity contribution >= 4 is 46.7 Å². The smallest absolute Gasteiger partial charge is 0.423 e. The maximum absolute atomic E-state index is 9.08. The molecule has 0 saturated heterocycles. The fourth-order valence-corrected chi connectivity index (χ4v) is 2.95. The van der Waals surface area contributed by atoms with Gasteiger partial charge in [0, 0.05) is 0 Å². The maximum atomic E-state index is 9.08. The zero-order valence-corrected chi connectivity index (χ0v) is 14.0. The summed E-state index contributed by atoms with van der Waals surface area (Å²) in [5.41, 5.74) is 1.11. The van der Waals surface area contributed by atoms with Gasteiger partial charge < -0.3 is 20.1 Å². The summed E-state index contributed by atoms with van der Waals surface area (Å²) in [5, 5.41) is 40.1. The Hall–Kier alpha value is -2.63. The molecule has 0 heterocycles. The van der Waals surface area contributed by atoms with Crippen molar-refractivity contribution in [1.82, 2.24) is 0 Å². The normalized spacial score (nSPS) is 10.3. The fourth-order valence-electron chi connectivity index (χ4n) is 2.95. The number of benzene rings is 4. The number of rotatable bonds is 2. The maximum Gasteiger partial charge on any atom is 0.489 e. The Kier molecular flexibility index (Phi) is 5.71. The molecule has 0 aliphatic heterocycles. The highest BCUT2D eigenvalue weighted by atomic mass is 16.4. The Morgan fingerprint density at radius 3 is 1.15 bits per heavy atom. The molecule has 6 heteroatoms. The summed E-state index contributed by atoms with van der Waals surface area (Å²) in [6.07, 6.45) is 0. The molecule has 4 rings (SSSR count). The second kappa shape index (κ2) is 8.17. The van der Waals surface area contributed by atoms with Gasteiger partial charge in [-0.2, -0.15) is 0 Å². The van der Waals surface area contributed by atoms with E-state index in [0.717, 1.165) is 21.5 Å². The molecule has 4 nitrogen and oxygen atoms in total. The first kappa shape index (κ1) is 18.2. The van der Waals surface area contributed by atoms with Crippen LogP contribution in [0.4, 0.5) is 0 Å². The quantitative estimate of drug-likeness (QED) is 0.410. The molecule has 4 N–H and O–H groups in total. The van der Waals surface area contributed by atoms with Gasteiger partial charge in [0.1, 0.15) is 0 Å². The average molecular weight is 344 g/mol. The van der Waals surface area contributed by atoms with Gasteiger partial charge in [0.25, 0.3) is 0 Å². The molecule has 0 unspecified atom stereocenters. The van der Waals surface area contributed by atoms with Crippen molar-refractivity contribution < 1.29 is 20.1 Å². The molecule has 0 saturated carbocycles. The summed E-state index contributed by atoms with van der Waals surface area (Å²) < 4.78 is 0. The first-order chi connectivity index (χ1) is 12.6. The number of fused-ring (bicyclic) bond motifs is 2. The summed E-state index contributed by atoms with van der Waals surface area (Å²) >= 11 is 0. The second-order valence-corrected chi connectivity index (χ2v) is 5.88. The van der Waals surface area contributed by atoms with Gasteiger partial charge in [0.05, 0.1) is 0 Å². The van der Waals surface area contributed by atoms with Crippen LogP contribution in [0.15, 0.2) is 84.9 Å². The molecule has 0 spiro atoms. The molecule has 128 valence electrons. The highest BCUT2D eigenvalue weighted by Crippen LogP contribution is 2.11. The van der Waals surface area contributed by atoms with E-state index in [4.69, 9.17) is 20.1 Å². The van der Waals surface area contributed by atoms with Gasteiger partial charge in [0.15, 0.2) is 0 Å². The van der Waals surface area contributed by atoms with Crippen LogP contribution in [0.2, 0.25) is 0 Å². The van der Waals surface area contributed by atoms with Crippen LogP contribution in [-0.2, 0) is 0 Å². The molecule has 26 heavy (non-hydrogen) atoms. The van der Waals surface area contributed by atoms with Crippen LogP contribution in [0.25, 0.3) is 21.5 Å². The third-order valence-corrected chi connectivity index (χ3v) is 4.20. The van der Waals surface area contributed by atoms with Crippen LogP contribution >= 0.6 is 0 Å². The zero-order valence-electron chi connectivity index (χ0n) is 14.0. The first-order valence-corrected chi connectivity index (χ1v) is 8.25. The van der Waals surface area contributed by atoms with Gasteiger partial charge in [0.2, 0.25) is 0 Å².